The van der Waals surface area contributed by atoms with Gasteiger partial charge in [0.05, 0.1) is 22.1 Å². The summed E-state index contributed by atoms with van der Waals surface area (Å²) in [5, 5.41) is 12.5. The molecule has 9 aromatic rings. The quantitative estimate of drug-likeness (QED) is 0.200. The first-order valence-corrected chi connectivity index (χ1v) is 17.1. The van der Waals surface area contributed by atoms with Crippen LogP contribution >= 0.6 is 0 Å². The number of aliphatic imine (C=N–C) groups is 1. The fourth-order valence-electron chi connectivity index (χ4n) is 7.66. The minimum Gasteiger partial charge on any atom is -0.336 e. The van der Waals surface area contributed by atoms with E-state index in [9.17, 15) is 0 Å². The molecule has 2 N–H and O–H groups in total. The van der Waals surface area contributed by atoms with Gasteiger partial charge in [-0.15, -0.1) is 0 Å². The Kier molecular flexibility index (Phi) is 6.64. The molecule has 7 aromatic carbocycles. The van der Waals surface area contributed by atoms with Crippen LogP contribution in [0.5, 0.6) is 0 Å². The third-order valence-corrected chi connectivity index (χ3v) is 10.0. The summed E-state index contributed by atoms with van der Waals surface area (Å²) in [5.41, 5.74) is 10.4. The zero-order valence-corrected chi connectivity index (χ0v) is 27.2. The van der Waals surface area contributed by atoms with Gasteiger partial charge in [0.1, 0.15) is 12.3 Å². The van der Waals surface area contributed by atoms with Crippen LogP contribution in [0.3, 0.4) is 0 Å². The highest BCUT2D eigenvalue weighted by atomic mass is 15.4. The molecule has 5 nitrogen and oxygen atoms in total. The van der Waals surface area contributed by atoms with Crippen molar-refractivity contribution in [3.63, 3.8) is 0 Å². The molecule has 10 rings (SSSR count). The predicted molar refractivity (Wildman–Crippen MR) is 207 cm³/mol. The van der Waals surface area contributed by atoms with Crippen molar-refractivity contribution >= 4 is 49.6 Å². The Morgan fingerprint density at radius 3 is 1.60 bits per heavy atom. The number of rotatable bonds is 4. The van der Waals surface area contributed by atoms with Crippen LogP contribution in [0.25, 0.3) is 60.4 Å². The van der Waals surface area contributed by atoms with E-state index in [2.05, 4.69) is 196 Å². The molecule has 0 radical (unpaired) electrons. The van der Waals surface area contributed by atoms with Gasteiger partial charge in [0.15, 0.2) is 0 Å². The van der Waals surface area contributed by atoms with Gasteiger partial charge in [0.2, 0.25) is 5.96 Å². The standard InChI is InChI=1S/C45H33N5/c1-3-13-30(14-4-1)31-23-25-33(26-24-31)44-46-43(32-15-5-2-6-16-32)47-45(48-44)50-41-22-12-9-19-37(41)38-29-34(27-28-42(38)50)49-39-20-10-7-17-35(39)36-18-8-11-21-40(36)49/h1-29,43-44,46H,(H,47,48). The number of nitrogens with one attached hydrogen (secondary N) is 2. The summed E-state index contributed by atoms with van der Waals surface area (Å²) in [5.74, 6) is 0.811. The topological polar surface area (TPSA) is 46.3 Å². The maximum atomic E-state index is 5.34. The number of para-hydroxylation sites is 3. The maximum Gasteiger partial charge on any atom is 0.206 e. The Bertz CT molecular complexity index is 2650. The molecule has 0 bridgehead atoms. The van der Waals surface area contributed by atoms with E-state index in [1.807, 2.05) is 0 Å². The highest BCUT2D eigenvalue weighted by Gasteiger charge is 2.27. The Hall–Kier alpha value is -6.43. The fraction of sp³-hybridized carbons (Fsp3) is 0.0444. The Labute approximate surface area is 289 Å². The van der Waals surface area contributed by atoms with Gasteiger partial charge >= 0.3 is 0 Å². The van der Waals surface area contributed by atoms with E-state index in [1.165, 1.54) is 43.7 Å². The number of benzene rings is 7. The van der Waals surface area contributed by atoms with Crippen molar-refractivity contribution < 1.29 is 0 Å². The fourth-order valence-corrected chi connectivity index (χ4v) is 7.66. The number of hydrogen-bond donors (Lipinski definition) is 2. The van der Waals surface area contributed by atoms with Crippen molar-refractivity contribution in [1.29, 1.82) is 0 Å². The van der Waals surface area contributed by atoms with Gasteiger partial charge < -0.3 is 9.88 Å². The minimum absolute atomic E-state index is 0.161. The monoisotopic (exact) mass is 643 g/mol. The SMILES string of the molecule is c1ccc(-c2ccc(C3NC(n4c5ccccc5c5cc(-n6c7ccccc7c7ccccc76)ccc54)=NC(c4ccccc4)N3)cc2)cc1. The van der Waals surface area contributed by atoms with Gasteiger partial charge in [0.25, 0.3) is 0 Å². The van der Waals surface area contributed by atoms with Crippen LogP contribution < -0.4 is 10.6 Å². The Morgan fingerprint density at radius 1 is 0.420 bits per heavy atom. The second-order valence-corrected chi connectivity index (χ2v) is 12.9. The molecular weight excluding hydrogens is 611 g/mol. The van der Waals surface area contributed by atoms with Crippen LogP contribution in [0.2, 0.25) is 0 Å². The summed E-state index contributed by atoms with van der Waals surface area (Å²) in [4.78, 5) is 5.34. The highest BCUT2D eigenvalue weighted by Crippen LogP contribution is 2.36. The van der Waals surface area contributed by atoms with E-state index >= 15 is 0 Å². The molecule has 50 heavy (non-hydrogen) atoms. The smallest absolute Gasteiger partial charge is 0.206 e. The molecule has 0 saturated carbocycles. The van der Waals surface area contributed by atoms with Crippen molar-refractivity contribution in [3.8, 4) is 16.8 Å². The lowest BCUT2D eigenvalue weighted by Crippen LogP contribution is -2.47. The number of fused-ring (bicyclic) bond motifs is 6. The molecule has 1 aliphatic rings. The first kappa shape index (κ1) is 28.6. The van der Waals surface area contributed by atoms with E-state index in [0.29, 0.717) is 0 Å². The maximum absolute atomic E-state index is 5.34. The molecule has 0 spiro atoms. The Morgan fingerprint density at radius 2 is 0.940 bits per heavy atom. The first-order valence-electron chi connectivity index (χ1n) is 17.1. The summed E-state index contributed by atoms with van der Waals surface area (Å²) in [6.45, 7) is 0. The number of hydrogen-bond acceptors (Lipinski definition) is 3. The van der Waals surface area contributed by atoms with Gasteiger partial charge in [-0.05, 0) is 58.7 Å². The molecule has 3 heterocycles. The summed E-state index contributed by atoms with van der Waals surface area (Å²) >= 11 is 0. The van der Waals surface area contributed by atoms with Gasteiger partial charge in [-0.1, -0.05) is 140 Å². The summed E-state index contributed by atoms with van der Waals surface area (Å²) < 4.78 is 4.68. The second-order valence-electron chi connectivity index (χ2n) is 12.9. The van der Waals surface area contributed by atoms with E-state index in [1.54, 1.807) is 0 Å². The van der Waals surface area contributed by atoms with E-state index in [0.717, 1.165) is 33.8 Å². The van der Waals surface area contributed by atoms with Gasteiger partial charge in [-0.3, -0.25) is 9.88 Å². The first-order chi connectivity index (χ1) is 24.8. The van der Waals surface area contributed by atoms with E-state index in [-0.39, 0.29) is 12.3 Å². The lowest BCUT2D eigenvalue weighted by atomic mass is 10.0. The summed E-state index contributed by atoms with van der Waals surface area (Å²) in [6, 6.07) is 62.7. The van der Waals surface area contributed by atoms with Crippen LogP contribution in [-0.2, 0) is 0 Å². The van der Waals surface area contributed by atoms with E-state index in [4.69, 9.17) is 4.99 Å². The number of aromatic nitrogens is 2. The molecule has 2 aromatic heterocycles. The van der Waals surface area contributed by atoms with Crippen LogP contribution in [0.15, 0.2) is 181 Å². The van der Waals surface area contributed by atoms with Crippen LogP contribution in [0.1, 0.15) is 23.5 Å². The predicted octanol–water partition coefficient (Wildman–Crippen LogP) is 10.4. The van der Waals surface area contributed by atoms with Crippen LogP contribution in [0.4, 0.5) is 0 Å². The minimum atomic E-state index is -0.237. The van der Waals surface area contributed by atoms with Crippen molar-refractivity contribution in [2.75, 3.05) is 0 Å². The average molecular weight is 644 g/mol. The van der Waals surface area contributed by atoms with Crippen molar-refractivity contribution in [2.24, 2.45) is 4.99 Å². The molecule has 0 fully saturated rings. The van der Waals surface area contributed by atoms with Gasteiger partial charge in [-0.2, -0.15) is 0 Å². The molecule has 5 heteroatoms. The molecule has 2 unspecified atom stereocenters. The van der Waals surface area contributed by atoms with E-state index < -0.39 is 0 Å². The summed E-state index contributed by atoms with van der Waals surface area (Å²) in [7, 11) is 0. The van der Waals surface area contributed by atoms with Crippen molar-refractivity contribution in [1.82, 2.24) is 19.8 Å². The van der Waals surface area contributed by atoms with Crippen LogP contribution in [-0.4, -0.2) is 15.1 Å². The van der Waals surface area contributed by atoms with Crippen molar-refractivity contribution in [2.45, 2.75) is 12.3 Å². The molecule has 2 atom stereocenters. The van der Waals surface area contributed by atoms with Gasteiger partial charge in [-0.25, -0.2) is 4.99 Å². The highest BCUT2D eigenvalue weighted by molar-refractivity contribution is 6.15. The molecule has 0 saturated heterocycles. The third kappa shape index (κ3) is 4.63. The molecular formula is C45H33N5. The number of nitrogens with zero attached hydrogens (tertiary/aromatic N) is 3. The molecule has 0 amide bonds. The molecule has 238 valence electrons. The normalized spacial score (nSPS) is 16.2. The van der Waals surface area contributed by atoms with Crippen molar-refractivity contribution in [3.05, 3.63) is 187 Å². The average Bonchev–Trinajstić information content (AvgIpc) is 3.71. The molecule has 1 aliphatic heterocycles. The Balaban J connectivity index is 1.13. The summed E-state index contributed by atoms with van der Waals surface area (Å²) in [6.07, 6.45) is -0.398. The lowest BCUT2D eigenvalue weighted by Gasteiger charge is -2.32. The zero-order valence-electron chi connectivity index (χ0n) is 27.2. The lowest BCUT2D eigenvalue weighted by molar-refractivity contribution is 0.403. The second kappa shape index (κ2) is 11.6. The van der Waals surface area contributed by atoms with Crippen LogP contribution in [0, 0.1) is 0 Å². The largest absolute Gasteiger partial charge is 0.336 e. The van der Waals surface area contributed by atoms with Gasteiger partial charge in [0, 0.05) is 27.2 Å². The third-order valence-electron chi connectivity index (χ3n) is 10.0. The molecule has 0 aliphatic carbocycles. The zero-order chi connectivity index (χ0) is 33.0.